The number of ether oxygens (including phenoxy) is 1. The van der Waals surface area contributed by atoms with Gasteiger partial charge in [-0.2, -0.15) is 0 Å². The fourth-order valence-electron chi connectivity index (χ4n) is 1.65. The fourth-order valence-corrected chi connectivity index (χ4v) is 1.65. The highest BCUT2D eigenvalue weighted by Gasteiger charge is 2.27. The largest absolute Gasteiger partial charge is 0.457 e. The average Bonchev–Trinajstić information content (AvgIpc) is 2.54. The van der Waals surface area contributed by atoms with E-state index in [1.165, 1.54) is 6.07 Å². The Kier molecular flexibility index (Phi) is 1.88. The van der Waals surface area contributed by atoms with Crippen LogP contribution in [0.5, 0.6) is 0 Å². The summed E-state index contributed by atoms with van der Waals surface area (Å²) < 4.78 is 18.2. The second-order valence-corrected chi connectivity index (χ2v) is 3.21. The maximum absolute atomic E-state index is 13.4. The predicted octanol–water partition coefficient (Wildman–Crippen LogP) is 2.45. The number of hydrogen-bond acceptors (Lipinski definition) is 2. The lowest BCUT2D eigenvalue weighted by Crippen LogP contribution is -2.00. The minimum absolute atomic E-state index is 0.0769. The Labute approximate surface area is 81.0 Å². The molecule has 0 amide bonds. The molecule has 2 nitrogen and oxygen atoms in total. The first-order valence-corrected chi connectivity index (χ1v) is 4.26. The van der Waals surface area contributed by atoms with Gasteiger partial charge in [0.2, 0.25) is 0 Å². The van der Waals surface area contributed by atoms with E-state index in [1.807, 2.05) is 6.92 Å². The highest BCUT2D eigenvalue weighted by molar-refractivity contribution is 5.94. The number of cyclic esters (lactones) is 1. The van der Waals surface area contributed by atoms with Crippen molar-refractivity contribution in [1.82, 2.24) is 0 Å². The summed E-state index contributed by atoms with van der Waals surface area (Å²) in [5.41, 5.74) is 2.29. The van der Waals surface area contributed by atoms with Gasteiger partial charge < -0.3 is 4.74 Å². The molecule has 1 aromatic carbocycles. The molecule has 0 atom stereocenters. The summed E-state index contributed by atoms with van der Waals surface area (Å²) in [7, 11) is 0. The van der Waals surface area contributed by atoms with E-state index in [-0.39, 0.29) is 12.2 Å². The molecule has 0 aromatic heterocycles. The van der Waals surface area contributed by atoms with Crippen LogP contribution in [-0.4, -0.2) is 5.97 Å². The summed E-state index contributed by atoms with van der Waals surface area (Å²) >= 11 is 0. The van der Waals surface area contributed by atoms with Crippen LogP contribution in [0.2, 0.25) is 0 Å². The third-order valence-electron chi connectivity index (χ3n) is 2.48. The van der Waals surface area contributed by atoms with Crippen molar-refractivity contribution in [3.8, 4) is 0 Å². The molecular formula is C11H9FO2. The molecule has 0 saturated heterocycles. The molecule has 14 heavy (non-hydrogen) atoms. The molecule has 0 fully saturated rings. The van der Waals surface area contributed by atoms with Crippen LogP contribution < -0.4 is 0 Å². The summed E-state index contributed by atoms with van der Waals surface area (Å²) in [6.45, 7) is 5.58. The van der Waals surface area contributed by atoms with Gasteiger partial charge in [-0.1, -0.05) is 12.7 Å². The SMILES string of the molecule is C=Cc1cc(F)c2c(c1C)COC2=O. The third-order valence-corrected chi connectivity index (χ3v) is 2.48. The number of rotatable bonds is 1. The second kappa shape index (κ2) is 2.94. The summed E-state index contributed by atoms with van der Waals surface area (Å²) in [5.74, 6) is -1.10. The zero-order valence-electron chi connectivity index (χ0n) is 7.76. The molecule has 72 valence electrons. The summed E-state index contributed by atoms with van der Waals surface area (Å²) in [4.78, 5) is 11.2. The Morgan fingerprint density at radius 2 is 2.36 bits per heavy atom. The Balaban J connectivity index is 2.76. The molecule has 0 aliphatic carbocycles. The molecule has 3 heteroatoms. The number of fused-ring (bicyclic) bond motifs is 1. The average molecular weight is 192 g/mol. The van der Waals surface area contributed by atoms with Crippen LogP contribution in [0.4, 0.5) is 4.39 Å². The van der Waals surface area contributed by atoms with Crippen molar-refractivity contribution in [3.05, 3.63) is 40.7 Å². The van der Waals surface area contributed by atoms with Crippen LogP contribution >= 0.6 is 0 Å². The van der Waals surface area contributed by atoms with Gasteiger partial charge in [-0.25, -0.2) is 9.18 Å². The van der Waals surface area contributed by atoms with Gasteiger partial charge in [-0.15, -0.1) is 0 Å². The lowest BCUT2D eigenvalue weighted by atomic mass is 9.98. The van der Waals surface area contributed by atoms with E-state index in [2.05, 4.69) is 6.58 Å². The van der Waals surface area contributed by atoms with Crippen LogP contribution in [-0.2, 0) is 11.3 Å². The zero-order valence-corrected chi connectivity index (χ0v) is 7.76. The summed E-state index contributed by atoms with van der Waals surface area (Å²) in [6, 6.07) is 1.31. The van der Waals surface area contributed by atoms with Crippen molar-refractivity contribution < 1.29 is 13.9 Å². The first kappa shape index (κ1) is 8.94. The molecule has 0 saturated carbocycles. The van der Waals surface area contributed by atoms with Gasteiger partial charge in [0.15, 0.2) is 0 Å². The molecule has 1 aliphatic rings. The fraction of sp³-hybridized carbons (Fsp3) is 0.182. The lowest BCUT2D eigenvalue weighted by molar-refractivity contribution is 0.0531. The zero-order chi connectivity index (χ0) is 10.3. The minimum atomic E-state index is -0.573. The summed E-state index contributed by atoms with van der Waals surface area (Å²) in [6.07, 6.45) is 1.57. The van der Waals surface area contributed by atoms with Gasteiger partial charge in [0.05, 0.1) is 0 Å². The van der Waals surface area contributed by atoms with Gasteiger partial charge >= 0.3 is 5.97 Å². The van der Waals surface area contributed by atoms with Gasteiger partial charge in [-0.3, -0.25) is 0 Å². The molecule has 0 bridgehead atoms. The molecule has 1 aromatic rings. The third kappa shape index (κ3) is 1.05. The first-order chi connectivity index (χ1) is 6.65. The van der Waals surface area contributed by atoms with Crippen molar-refractivity contribution in [2.75, 3.05) is 0 Å². The first-order valence-electron chi connectivity index (χ1n) is 4.26. The minimum Gasteiger partial charge on any atom is -0.457 e. The number of hydrogen-bond donors (Lipinski definition) is 0. The van der Waals surface area contributed by atoms with Crippen LogP contribution in [0.15, 0.2) is 12.6 Å². The van der Waals surface area contributed by atoms with E-state index in [0.29, 0.717) is 11.1 Å². The van der Waals surface area contributed by atoms with E-state index < -0.39 is 11.8 Å². The van der Waals surface area contributed by atoms with E-state index in [1.54, 1.807) is 6.08 Å². The molecule has 0 unspecified atom stereocenters. The molecule has 0 spiro atoms. The number of halogens is 1. The molecular weight excluding hydrogens is 183 g/mol. The van der Waals surface area contributed by atoms with Crippen molar-refractivity contribution >= 4 is 12.0 Å². The van der Waals surface area contributed by atoms with Crippen molar-refractivity contribution in [1.29, 1.82) is 0 Å². The predicted molar refractivity (Wildman–Crippen MR) is 50.3 cm³/mol. The molecule has 1 heterocycles. The van der Waals surface area contributed by atoms with Gasteiger partial charge in [-0.05, 0) is 24.1 Å². The van der Waals surface area contributed by atoms with Crippen molar-refractivity contribution in [3.63, 3.8) is 0 Å². The topological polar surface area (TPSA) is 26.3 Å². The summed E-state index contributed by atoms with van der Waals surface area (Å²) in [5, 5.41) is 0. The molecule has 0 radical (unpaired) electrons. The van der Waals surface area contributed by atoms with Gasteiger partial charge in [0.25, 0.3) is 0 Å². The van der Waals surface area contributed by atoms with E-state index in [4.69, 9.17) is 4.74 Å². The van der Waals surface area contributed by atoms with Gasteiger partial charge in [0, 0.05) is 5.56 Å². The highest BCUT2D eigenvalue weighted by atomic mass is 19.1. The van der Waals surface area contributed by atoms with E-state index in [0.717, 1.165) is 5.56 Å². The monoisotopic (exact) mass is 192 g/mol. The molecule has 0 N–H and O–H groups in total. The Morgan fingerprint density at radius 1 is 1.64 bits per heavy atom. The van der Waals surface area contributed by atoms with Gasteiger partial charge in [0.1, 0.15) is 18.0 Å². The van der Waals surface area contributed by atoms with E-state index in [9.17, 15) is 9.18 Å². The molecule has 2 rings (SSSR count). The van der Waals surface area contributed by atoms with Crippen LogP contribution in [0, 0.1) is 12.7 Å². The highest BCUT2D eigenvalue weighted by Crippen LogP contribution is 2.28. The van der Waals surface area contributed by atoms with E-state index >= 15 is 0 Å². The maximum Gasteiger partial charge on any atom is 0.341 e. The Morgan fingerprint density at radius 3 is 3.00 bits per heavy atom. The quantitative estimate of drug-likeness (QED) is 0.639. The lowest BCUT2D eigenvalue weighted by Gasteiger charge is -2.05. The number of carbonyl (C=O) groups excluding carboxylic acids is 1. The van der Waals surface area contributed by atoms with Crippen molar-refractivity contribution in [2.24, 2.45) is 0 Å². The number of benzene rings is 1. The smallest absolute Gasteiger partial charge is 0.341 e. The Bertz CT molecular complexity index is 435. The number of carbonyl (C=O) groups is 1. The standard InChI is InChI=1S/C11H9FO2/c1-3-7-4-9(12)10-8(6(7)2)5-14-11(10)13/h3-4H,1,5H2,2H3. The molecule has 1 aliphatic heterocycles. The maximum atomic E-state index is 13.4. The second-order valence-electron chi connectivity index (χ2n) is 3.21. The normalized spacial score (nSPS) is 13.7. The Hall–Kier alpha value is -1.64. The number of esters is 1. The van der Waals surface area contributed by atoms with Crippen molar-refractivity contribution in [2.45, 2.75) is 13.5 Å². The van der Waals surface area contributed by atoms with Crippen LogP contribution in [0.1, 0.15) is 27.0 Å². The van der Waals surface area contributed by atoms with Crippen LogP contribution in [0.25, 0.3) is 6.08 Å². The van der Waals surface area contributed by atoms with Crippen LogP contribution in [0.3, 0.4) is 0 Å².